The van der Waals surface area contributed by atoms with Crippen LogP contribution >= 0.6 is 0 Å². The second-order valence-electron chi connectivity index (χ2n) is 4.93. The molecule has 0 saturated carbocycles. The van der Waals surface area contributed by atoms with Crippen LogP contribution in [0, 0.1) is 13.8 Å². The first-order chi connectivity index (χ1) is 9.31. The van der Waals surface area contributed by atoms with Crippen LogP contribution in [0.15, 0.2) is 23.8 Å². The fourth-order valence-corrected chi connectivity index (χ4v) is 1.81. The number of benzene rings is 1. The molecule has 2 amide bonds. The number of urea groups is 1. The van der Waals surface area contributed by atoms with E-state index in [4.69, 9.17) is 0 Å². The van der Waals surface area contributed by atoms with Gasteiger partial charge in [0.05, 0.1) is 11.3 Å². The standard InChI is InChI=1S/C15H20N2O3/c1-9(2)5-6-16-15(20)17-13-11(4)7-10(3)8-12(13)14(18)19/h5,7-8H,6H2,1-4H3,(H,18,19)(H2,16,17,20). The average Bonchev–Trinajstić information content (AvgIpc) is 2.31. The Labute approximate surface area is 118 Å². The number of anilines is 1. The van der Waals surface area contributed by atoms with Crippen molar-refractivity contribution in [2.75, 3.05) is 11.9 Å². The van der Waals surface area contributed by atoms with Crippen molar-refractivity contribution in [2.45, 2.75) is 27.7 Å². The van der Waals surface area contributed by atoms with Gasteiger partial charge in [-0.1, -0.05) is 17.7 Å². The molecule has 0 atom stereocenters. The Balaban J connectivity index is 2.89. The van der Waals surface area contributed by atoms with Crippen LogP contribution in [-0.4, -0.2) is 23.7 Å². The summed E-state index contributed by atoms with van der Waals surface area (Å²) in [5.74, 6) is -1.06. The molecule has 1 aromatic rings. The minimum absolute atomic E-state index is 0.0971. The SMILES string of the molecule is CC(C)=CCNC(=O)Nc1c(C)cc(C)cc1C(=O)O. The van der Waals surface area contributed by atoms with Crippen LogP contribution in [0.3, 0.4) is 0 Å². The normalized spacial score (nSPS) is 9.80. The Morgan fingerprint density at radius 2 is 1.90 bits per heavy atom. The van der Waals surface area contributed by atoms with Gasteiger partial charge in [-0.25, -0.2) is 9.59 Å². The highest BCUT2D eigenvalue weighted by molar-refractivity contribution is 6.01. The van der Waals surface area contributed by atoms with Gasteiger partial charge in [-0.05, 0) is 44.9 Å². The number of carbonyl (C=O) groups is 2. The fourth-order valence-electron chi connectivity index (χ4n) is 1.81. The second-order valence-corrected chi connectivity index (χ2v) is 4.93. The van der Waals surface area contributed by atoms with Crippen LogP contribution in [0.2, 0.25) is 0 Å². The Bertz CT molecular complexity index is 558. The topological polar surface area (TPSA) is 78.4 Å². The number of hydrogen-bond acceptors (Lipinski definition) is 2. The van der Waals surface area contributed by atoms with E-state index in [2.05, 4.69) is 10.6 Å². The predicted molar refractivity (Wildman–Crippen MR) is 79.3 cm³/mol. The van der Waals surface area contributed by atoms with Crippen molar-refractivity contribution < 1.29 is 14.7 Å². The number of aryl methyl sites for hydroxylation is 2. The zero-order chi connectivity index (χ0) is 15.3. The summed E-state index contributed by atoms with van der Waals surface area (Å²) < 4.78 is 0. The molecule has 5 heteroatoms. The molecule has 1 rings (SSSR count). The number of carboxylic acid groups (broad SMARTS) is 1. The van der Waals surface area contributed by atoms with Crippen molar-refractivity contribution in [3.05, 3.63) is 40.5 Å². The third-order valence-corrected chi connectivity index (χ3v) is 2.72. The largest absolute Gasteiger partial charge is 0.478 e. The third kappa shape index (κ3) is 4.42. The highest BCUT2D eigenvalue weighted by Gasteiger charge is 2.15. The smallest absolute Gasteiger partial charge is 0.337 e. The maximum atomic E-state index is 11.8. The van der Waals surface area contributed by atoms with E-state index in [1.54, 1.807) is 13.0 Å². The summed E-state index contributed by atoms with van der Waals surface area (Å²) in [5.41, 5.74) is 3.09. The molecule has 0 aromatic heterocycles. The highest BCUT2D eigenvalue weighted by atomic mass is 16.4. The zero-order valence-electron chi connectivity index (χ0n) is 12.2. The second kappa shape index (κ2) is 6.75. The average molecular weight is 276 g/mol. The van der Waals surface area contributed by atoms with Crippen LogP contribution in [0.1, 0.15) is 35.3 Å². The van der Waals surface area contributed by atoms with E-state index in [0.717, 1.165) is 16.7 Å². The van der Waals surface area contributed by atoms with Gasteiger partial charge in [0.1, 0.15) is 0 Å². The number of aromatic carboxylic acids is 1. The third-order valence-electron chi connectivity index (χ3n) is 2.72. The summed E-state index contributed by atoms with van der Waals surface area (Å²) in [6, 6.07) is 2.95. The summed E-state index contributed by atoms with van der Waals surface area (Å²) in [5, 5.41) is 14.4. The molecule has 0 bridgehead atoms. The summed E-state index contributed by atoms with van der Waals surface area (Å²) in [4.78, 5) is 23.0. The maximum Gasteiger partial charge on any atom is 0.337 e. The van der Waals surface area contributed by atoms with Gasteiger partial charge in [0.15, 0.2) is 0 Å². The maximum absolute atomic E-state index is 11.8. The Kier molecular flexibility index (Phi) is 5.32. The van der Waals surface area contributed by atoms with Gasteiger partial charge < -0.3 is 15.7 Å². The first-order valence-electron chi connectivity index (χ1n) is 6.34. The molecule has 0 radical (unpaired) electrons. The molecule has 0 saturated heterocycles. The Morgan fingerprint density at radius 1 is 1.25 bits per heavy atom. The monoisotopic (exact) mass is 276 g/mol. The lowest BCUT2D eigenvalue weighted by molar-refractivity contribution is 0.0698. The number of hydrogen-bond donors (Lipinski definition) is 3. The van der Waals surface area contributed by atoms with E-state index >= 15 is 0 Å². The molecule has 0 unspecified atom stereocenters. The van der Waals surface area contributed by atoms with Crippen molar-refractivity contribution in [1.29, 1.82) is 0 Å². The highest BCUT2D eigenvalue weighted by Crippen LogP contribution is 2.22. The van der Waals surface area contributed by atoms with E-state index in [-0.39, 0.29) is 5.56 Å². The van der Waals surface area contributed by atoms with Crippen molar-refractivity contribution >= 4 is 17.7 Å². The summed E-state index contributed by atoms with van der Waals surface area (Å²) in [6.07, 6.45) is 1.87. The van der Waals surface area contributed by atoms with Crippen LogP contribution in [0.4, 0.5) is 10.5 Å². The number of nitrogens with one attached hydrogen (secondary N) is 2. The minimum Gasteiger partial charge on any atom is -0.478 e. The van der Waals surface area contributed by atoms with E-state index in [1.807, 2.05) is 32.9 Å². The van der Waals surface area contributed by atoms with Crippen molar-refractivity contribution in [1.82, 2.24) is 5.32 Å². The first kappa shape index (κ1) is 15.8. The molecule has 0 fully saturated rings. The lowest BCUT2D eigenvalue weighted by Gasteiger charge is -2.13. The minimum atomic E-state index is -1.06. The number of amides is 2. The zero-order valence-corrected chi connectivity index (χ0v) is 12.2. The summed E-state index contributed by atoms with van der Waals surface area (Å²) >= 11 is 0. The lowest BCUT2D eigenvalue weighted by atomic mass is 10.0. The molecule has 0 aliphatic rings. The number of rotatable bonds is 4. The number of allylic oxidation sites excluding steroid dienone is 1. The number of carboxylic acids is 1. The van der Waals surface area contributed by atoms with Gasteiger partial charge >= 0.3 is 12.0 Å². The van der Waals surface area contributed by atoms with E-state index in [0.29, 0.717) is 12.2 Å². The van der Waals surface area contributed by atoms with E-state index in [1.165, 1.54) is 0 Å². The fraction of sp³-hybridized carbons (Fsp3) is 0.333. The molecule has 3 N–H and O–H groups in total. The molecule has 108 valence electrons. The van der Waals surface area contributed by atoms with Crippen molar-refractivity contribution in [3.8, 4) is 0 Å². The van der Waals surface area contributed by atoms with Crippen molar-refractivity contribution in [2.24, 2.45) is 0 Å². The first-order valence-corrected chi connectivity index (χ1v) is 6.34. The van der Waals surface area contributed by atoms with Crippen LogP contribution in [0.5, 0.6) is 0 Å². The van der Waals surface area contributed by atoms with E-state index in [9.17, 15) is 14.7 Å². The van der Waals surface area contributed by atoms with Gasteiger partial charge in [0, 0.05) is 6.54 Å². The molecule has 1 aromatic carbocycles. The van der Waals surface area contributed by atoms with Crippen LogP contribution < -0.4 is 10.6 Å². The van der Waals surface area contributed by atoms with Gasteiger partial charge in [-0.2, -0.15) is 0 Å². The Morgan fingerprint density at radius 3 is 2.45 bits per heavy atom. The molecular formula is C15H20N2O3. The molecule has 20 heavy (non-hydrogen) atoms. The summed E-state index contributed by atoms with van der Waals surface area (Å²) in [7, 11) is 0. The number of carbonyl (C=O) groups excluding carboxylic acids is 1. The molecule has 0 spiro atoms. The van der Waals surface area contributed by atoms with Crippen molar-refractivity contribution in [3.63, 3.8) is 0 Å². The molecule has 0 heterocycles. The summed E-state index contributed by atoms with van der Waals surface area (Å²) in [6.45, 7) is 7.86. The lowest BCUT2D eigenvalue weighted by Crippen LogP contribution is -2.30. The van der Waals surface area contributed by atoms with Gasteiger partial charge in [0.2, 0.25) is 0 Å². The molecule has 5 nitrogen and oxygen atoms in total. The molecule has 0 aliphatic carbocycles. The van der Waals surface area contributed by atoms with Crippen LogP contribution in [-0.2, 0) is 0 Å². The molecule has 0 aliphatic heterocycles. The molecular weight excluding hydrogens is 256 g/mol. The van der Waals surface area contributed by atoms with Crippen LogP contribution in [0.25, 0.3) is 0 Å². The Hall–Kier alpha value is -2.30. The quantitative estimate of drug-likeness (QED) is 0.739. The van der Waals surface area contributed by atoms with Gasteiger partial charge in [-0.15, -0.1) is 0 Å². The van der Waals surface area contributed by atoms with Gasteiger partial charge in [0.25, 0.3) is 0 Å². The van der Waals surface area contributed by atoms with E-state index < -0.39 is 12.0 Å². The van der Waals surface area contributed by atoms with Gasteiger partial charge in [-0.3, -0.25) is 0 Å². The predicted octanol–water partition coefficient (Wildman–Crippen LogP) is 3.09.